The zero-order valence-electron chi connectivity index (χ0n) is 8.60. The first kappa shape index (κ1) is 9.72. The van der Waals surface area contributed by atoms with E-state index >= 15 is 0 Å². The molecule has 4 nitrogen and oxygen atoms in total. The molecule has 3 rings (SSSR count). The van der Waals surface area contributed by atoms with E-state index in [4.69, 9.17) is 4.74 Å². The number of hydrogen-bond acceptors (Lipinski definition) is 4. The van der Waals surface area contributed by atoms with Crippen molar-refractivity contribution in [3.8, 4) is 5.75 Å². The summed E-state index contributed by atoms with van der Waals surface area (Å²) in [5.41, 5.74) is 0.147. The number of carbonyl (C=O) groups excluding carboxylic acids is 3. The van der Waals surface area contributed by atoms with Crippen LogP contribution in [-0.4, -0.2) is 17.5 Å². The Morgan fingerprint density at radius 1 is 0.824 bits per heavy atom. The van der Waals surface area contributed by atoms with Gasteiger partial charge in [-0.1, -0.05) is 24.3 Å². The minimum absolute atomic E-state index is 0.147. The first-order valence-electron chi connectivity index (χ1n) is 5.00. The average molecular weight is 226 g/mol. The fraction of sp³-hybridized carbons (Fsp3) is 0. The molecule has 0 amide bonds. The van der Waals surface area contributed by atoms with Crippen LogP contribution in [-0.2, 0) is 9.59 Å². The predicted octanol–water partition coefficient (Wildman–Crippen LogP) is 1.51. The Balaban J connectivity index is 2.32. The Labute approximate surface area is 95.8 Å². The minimum atomic E-state index is -1.12. The molecule has 0 unspecified atom stereocenters. The fourth-order valence-corrected chi connectivity index (χ4v) is 1.84. The number of hydrogen-bond donors (Lipinski definition) is 0. The van der Waals surface area contributed by atoms with Crippen LogP contribution < -0.4 is 4.74 Å². The largest absolute Gasteiger partial charge is 0.420 e. The van der Waals surface area contributed by atoms with Gasteiger partial charge in [-0.05, 0) is 22.9 Å². The van der Waals surface area contributed by atoms with Crippen molar-refractivity contribution in [2.24, 2.45) is 0 Å². The molecule has 0 aliphatic carbocycles. The summed E-state index contributed by atoms with van der Waals surface area (Å²) in [6.45, 7) is 0. The molecule has 0 N–H and O–H groups in total. The lowest BCUT2D eigenvalue weighted by Gasteiger charge is -2.14. The normalized spacial score (nSPS) is 14.7. The van der Waals surface area contributed by atoms with Crippen molar-refractivity contribution in [1.82, 2.24) is 0 Å². The van der Waals surface area contributed by atoms with E-state index < -0.39 is 17.5 Å². The van der Waals surface area contributed by atoms with Crippen LogP contribution in [0.5, 0.6) is 5.75 Å². The molecule has 0 fully saturated rings. The van der Waals surface area contributed by atoms with Gasteiger partial charge in [0.25, 0.3) is 0 Å². The minimum Gasteiger partial charge on any atom is -0.420 e. The Morgan fingerprint density at radius 2 is 1.47 bits per heavy atom. The molecular weight excluding hydrogens is 220 g/mol. The van der Waals surface area contributed by atoms with Crippen LogP contribution in [0, 0.1) is 0 Å². The molecule has 82 valence electrons. The highest BCUT2D eigenvalue weighted by Gasteiger charge is 2.34. The summed E-state index contributed by atoms with van der Waals surface area (Å²) in [6.07, 6.45) is 0. The summed E-state index contributed by atoms with van der Waals surface area (Å²) >= 11 is 0. The highest BCUT2D eigenvalue weighted by atomic mass is 16.5. The van der Waals surface area contributed by atoms with Gasteiger partial charge in [0.05, 0.1) is 5.56 Å². The molecular formula is C13H6O4. The van der Waals surface area contributed by atoms with Crippen molar-refractivity contribution < 1.29 is 19.1 Å². The van der Waals surface area contributed by atoms with E-state index in [0.29, 0.717) is 0 Å². The standard InChI is InChI=1S/C13H6O4/c14-11-9-5-7-3-1-2-4-8(7)6-10(9)17-13(16)12(11)15/h1-6H. The Kier molecular flexibility index (Phi) is 1.86. The highest BCUT2D eigenvalue weighted by molar-refractivity contribution is 6.67. The molecule has 0 spiro atoms. The topological polar surface area (TPSA) is 60.4 Å². The number of ketones is 2. The molecule has 4 heteroatoms. The van der Waals surface area contributed by atoms with E-state index in [2.05, 4.69) is 0 Å². The summed E-state index contributed by atoms with van der Waals surface area (Å²) in [7, 11) is 0. The Morgan fingerprint density at radius 3 is 2.18 bits per heavy atom. The number of Topliss-reactive ketones (excluding diaryl/α,β-unsaturated/α-hetero) is 2. The first-order chi connectivity index (χ1) is 8.16. The number of rotatable bonds is 0. The van der Waals surface area contributed by atoms with E-state index in [9.17, 15) is 14.4 Å². The van der Waals surface area contributed by atoms with E-state index in [0.717, 1.165) is 10.8 Å². The van der Waals surface area contributed by atoms with Gasteiger partial charge in [0.15, 0.2) is 0 Å². The number of carbonyl (C=O) groups is 3. The molecule has 0 aromatic heterocycles. The molecule has 1 aliphatic rings. The van der Waals surface area contributed by atoms with E-state index in [-0.39, 0.29) is 11.3 Å². The zero-order valence-corrected chi connectivity index (χ0v) is 8.60. The van der Waals surface area contributed by atoms with Crippen LogP contribution in [0.1, 0.15) is 10.4 Å². The second-order valence-corrected chi connectivity index (χ2v) is 3.74. The number of ether oxygens (including phenoxy) is 1. The lowest BCUT2D eigenvalue weighted by Crippen LogP contribution is -2.33. The monoisotopic (exact) mass is 226 g/mol. The summed E-state index contributed by atoms with van der Waals surface area (Å²) < 4.78 is 4.81. The van der Waals surface area contributed by atoms with Crippen molar-refractivity contribution >= 4 is 28.3 Å². The maximum Gasteiger partial charge on any atom is 0.388 e. The van der Waals surface area contributed by atoms with Gasteiger partial charge >= 0.3 is 11.8 Å². The van der Waals surface area contributed by atoms with Gasteiger partial charge < -0.3 is 4.74 Å². The summed E-state index contributed by atoms with van der Waals surface area (Å²) in [5.74, 6) is -2.88. The second kappa shape index (κ2) is 3.25. The van der Waals surface area contributed by atoms with Crippen molar-refractivity contribution in [3.05, 3.63) is 42.0 Å². The van der Waals surface area contributed by atoms with Crippen molar-refractivity contribution in [3.63, 3.8) is 0 Å². The second-order valence-electron chi connectivity index (χ2n) is 3.74. The molecule has 0 saturated heterocycles. The summed E-state index contributed by atoms with van der Waals surface area (Å²) in [4.78, 5) is 33.9. The maximum absolute atomic E-state index is 11.6. The lowest BCUT2D eigenvalue weighted by molar-refractivity contribution is -0.145. The van der Waals surface area contributed by atoms with Crippen molar-refractivity contribution in [2.45, 2.75) is 0 Å². The van der Waals surface area contributed by atoms with Gasteiger partial charge in [-0.25, -0.2) is 4.79 Å². The molecule has 2 aromatic rings. The first-order valence-corrected chi connectivity index (χ1v) is 5.00. The molecule has 0 saturated carbocycles. The van der Waals surface area contributed by atoms with Gasteiger partial charge in [0.2, 0.25) is 5.78 Å². The lowest BCUT2D eigenvalue weighted by atomic mass is 9.99. The van der Waals surface area contributed by atoms with Crippen LogP contribution >= 0.6 is 0 Å². The number of benzene rings is 2. The smallest absolute Gasteiger partial charge is 0.388 e. The average Bonchev–Trinajstić information content (AvgIpc) is 2.34. The van der Waals surface area contributed by atoms with E-state index in [1.165, 1.54) is 0 Å². The molecule has 17 heavy (non-hydrogen) atoms. The number of fused-ring (bicyclic) bond motifs is 2. The quantitative estimate of drug-likeness (QED) is 0.388. The van der Waals surface area contributed by atoms with Gasteiger partial charge in [0, 0.05) is 0 Å². The maximum atomic E-state index is 11.6. The molecule has 0 atom stereocenters. The molecule has 1 heterocycles. The Hall–Kier alpha value is -2.49. The van der Waals surface area contributed by atoms with E-state index in [1.807, 2.05) is 24.3 Å². The summed E-state index contributed by atoms with van der Waals surface area (Å²) in [5, 5.41) is 1.67. The Bertz CT molecular complexity index is 685. The van der Waals surface area contributed by atoms with Crippen molar-refractivity contribution in [1.29, 1.82) is 0 Å². The van der Waals surface area contributed by atoms with Crippen LogP contribution in [0.15, 0.2) is 36.4 Å². The van der Waals surface area contributed by atoms with Crippen LogP contribution in [0.4, 0.5) is 0 Å². The molecule has 0 bridgehead atoms. The molecule has 1 aliphatic heterocycles. The third-order valence-corrected chi connectivity index (χ3v) is 2.69. The van der Waals surface area contributed by atoms with Crippen LogP contribution in [0.25, 0.3) is 10.8 Å². The number of esters is 1. The zero-order chi connectivity index (χ0) is 12.0. The summed E-state index contributed by atoms with van der Waals surface area (Å²) in [6, 6.07) is 10.5. The van der Waals surface area contributed by atoms with Crippen molar-refractivity contribution in [2.75, 3.05) is 0 Å². The highest BCUT2D eigenvalue weighted by Crippen LogP contribution is 2.29. The van der Waals surface area contributed by atoms with Gasteiger partial charge in [-0.15, -0.1) is 0 Å². The van der Waals surface area contributed by atoms with Gasteiger partial charge in [-0.2, -0.15) is 0 Å². The third kappa shape index (κ3) is 1.34. The molecule has 0 radical (unpaired) electrons. The third-order valence-electron chi connectivity index (χ3n) is 2.69. The SMILES string of the molecule is O=C1Oc2cc3ccccc3cc2C(=O)C1=O. The fourth-order valence-electron chi connectivity index (χ4n) is 1.84. The van der Waals surface area contributed by atoms with Gasteiger partial charge in [-0.3, -0.25) is 9.59 Å². The van der Waals surface area contributed by atoms with E-state index in [1.54, 1.807) is 12.1 Å². The molecule has 2 aromatic carbocycles. The van der Waals surface area contributed by atoms with Crippen LogP contribution in [0.2, 0.25) is 0 Å². The van der Waals surface area contributed by atoms with Gasteiger partial charge in [0.1, 0.15) is 5.75 Å². The predicted molar refractivity (Wildman–Crippen MR) is 58.9 cm³/mol. The van der Waals surface area contributed by atoms with Crippen LogP contribution in [0.3, 0.4) is 0 Å².